The number of hydrogen-bond acceptors (Lipinski definition) is 3. The molecule has 6 heteroatoms. The third kappa shape index (κ3) is 4.06. The lowest BCUT2D eigenvalue weighted by molar-refractivity contribution is 0.0696. The number of halogens is 2. The summed E-state index contributed by atoms with van der Waals surface area (Å²) in [5, 5.41) is 10.0. The van der Waals surface area contributed by atoms with E-state index in [1.54, 1.807) is 31.4 Å². The van der Waals surface area contributed by atoms with Crippen LogP contribution in [-0.4, -0.2) is 18.2 Å². The largest absolute Gasteiger partial charge is 0.496 e. The number of carbonyl (C=O) groups is 1. The van der Waals surface area contributed by atoms with Crippen molar-refractivity contribution in [3.63, 3.8) is 0 Å². The molecule has 0 saturated heterocycles. The number of hydrogen-bond donors (Lipinski definition) is 1. The van der Waals surface area contributed by atoms with Crippen LogP contribution in [0.1, 0.15) is 15.9 Å². The van der Waals surface area contributed by atoms with Crippen LogP contribution in [-0.2, 0) is 5.75 Å². The van der Waals surface area contributed by atoms with Gasteiger partial charge in [0.2, 0.25) is 0 Å². The van der Waals surface area contributed by atoms with E-state index in [1.807, 2.05) is 6.07 Å². The van der Waals surface area contributed by atoms with Gasteiger partial charge >= 0.3 is 5.97 Å². The van der Waals surface area contributed by atoms with Gasteiger partial charge in [-0.1, -0.05) is 23.2 Å². The molecule has 0 aliphatic carbocycles. The summed E-state index contributed by atoms with van der Waals surface area (Å²) in [7, 11) is 1.56. The maximum absolute atomic E-state index is 11.0. The lowest BCUT2D eigenvalue weighted by atomic mass is 10.1. The van der Waals surface area contributed by atoms with Crippen LogP contribution in [0.2, 0.25) is 10.0 Å². The smallest absolute Gasteiger partial charge is 0.335 e. The summed E-state index contributed by atoms with van der Waals surface area (Å²) in [6, 6.07) is 10.2. The fourth-order valence-electron chi connectivity index (χ4n) is 1.75. The molecule has 21 heavy (non-hydrogen) atoms. The second kappa shape index (κ2) is 7.07. The Morgan fingerprint density at radius 3 is 2.57 bits per heavy atom. The molecule has 0 fully saturated rings. The van der Waals surface area contributed by atoms with Gasteiger partial charge in [-0.3, -0.25) is 0 Å². The number of carboxylic acid groups (broad SMARTS) is 1. The summed E-state index contributed by atoms with van der Waals surface area (Å²) in [5.41, 5.74) is 1.05. The molecule has 1 N–H and O–H groups in total. The van der Waals surface area contributed by atoms with Crippen LogP contribution < -0.4 is 4.74 Å². The normalized spacial score (nSPS) is 10.4. The Labute approximate surface area is 136 Å². The zero-order chi connectivity index (χ0) is 15.4. The van der Waals surface area contributed by atoms with Gasteiger partial charge in [0.1, 0.15) is 5.75 Å². The maximum Gasteiger partial charge on any atom is 0.335 e. The van der Waals surface area contributed by atoms with Gasteiger partial charge in [0.15, 0.2) is 0 Å². The molecule has 0 bridgehead atoms. The Balaban J connectivity index is 2.19. The topological polar surface area (TPSA) is 46.5 Å². The minimum absolute atomic E-state index is 0.237. The Hall–Kier alpha value is -1.36. The van der Waals surface area contributed by atoms with Crippen molar-refractivity contribution >= 4 is 40.9 Å². The van der Waals surface area contributed by atoms with E-state index in [0.29, 0.717) is 21.5 Å². The molecule has 2 aromatic carbocycles. The molecule has 0 aliphatic rings. The Morgan fingerprint density at radius 2 is 1.95 bits per heavy atom. The fourth-order valence-corrected chi connectivity index (χ4v) is 3.03. The summed E-state index contributed by atoms with van der Waals surface area (Å²) in [6.07, 6.45) is 0. The summed E-state index contributed by atoms with van der Waals surface area (Å²) < 4.78 is 5.26. The molecule has 0 amide bonds. The lowest BCUT2D eigenvalue weighted by Crippen LogP contribution is -1.99. The molecular formula is C15H12Cl2O3S. The van der Waals surface area contributed by atoms with Gasteiger partial charge in [0.05, 0.1) is 22.7 Å². The summed E-state index contributed by atoms with van der Waals surface area (Å²) in [5.74, 6) is 0.272. The molecule has 0 aromatic heterocycles. The third-order valence-corrected chi connectivity index (χ3v) is 4.59. The Kier molecular flexibility index (Phi) is 5.39. The van der Waals surface area contributed by atoms with Gasteiger partial charge in [-0.15, -0.1) is 11.8 Å². The molecule has 0 unspecified atom stereocenters. The lowest BCUT2D eigenvalue weighted by Gasteiger charge is -2.09. The molecule has 0 heterocycles. The predicted octanol–water partition coefficient (Wildman–Crippen LogP) is 4.99. The number of thioether (sulfide) groups is 1. The number of aromatic carboxylic acids is 1. The van der Waals surface area contributed by atoms with E-state index in [2.05, 4.69) is 0 Å². The van der Waals surface area contributed by atoms with Crippen molar-refractivity contribution < 1.29 is 14.6 Å². The number of carboxylic acids is 1. The van der Waals surface area contributed by atoms with Gasteiger partial charge in [-0.2, -0.15) is 0 Å². The van der Waals surface area contributed by atoms with E-state index < -0.39 is 5.97 Å². The van der Waals surface area contributed by atoms with Crippen molar-refractivity contribution in [2.75, 3.05) is 7.11 Å². The molecule has 0 spiro atoms. The zero-order valence-corrected chi connectivity index (χ0v) is 13.4. The standard InChI is InChI=1S/C15H12Cl2O3S/c1-20-14-5-2-9(15(18)19)6-10(14)8-21-11-3-4-12(16)13(17)7-11/h2-7H,8H2,1H3,(H,18,19). The van der Waals surface area contributed by atoms with E-state index in [4.69, 9.17) is 33.0 Å². The SMILES string of the molecule is COc1ccc(C(=O)O)cc1CSc1ccc(Cl)c(Cl)c1. The molecule has 110 valence electrons. The van der Waals surface area contributed by atoms with E-state index in [0.717, 1.165) is 10.5 Å². The van der Waals surface area contributed by atoms with Gasteiger partial charge in [0.25, 0.3) is 0 Å². The van der Waals surface area contributed by atoms with Crippen LogP contribution in [0.15, 0.2) is 41.3 Å². The molecule has 2 rings (SSSR count). The Bertz CT molecular complexity index is 674. The van der Waals surface area contributed by atoms with Gasteiger partial charge in [-0.05, 0) is 36.4 Å². The maximum atomic E-state index is 11.0. The van der Waals surface area contributed by atoms with E-state index in [-0.39, 0.29) is 5.56 Å². The first-order chi connectivity index (χ1) is 10.0. The summed E-state index contributed by atoms with van der Waals surface area (Å²) >= 11 is 13.4. The number of ether oxygens (including phenoxy) is 1. The van der Waals surface area contributed by atoms with Gasteiger partial charge in [0, 0.05) is 16.2 Å². The van der Waals surface area contributed by atoms with E-state index in [1.165, 1.54) is 17.8 Å². The zero-order valence-electron chi connectivity index (χ0n) is 11.1. The van der Waals surface area contributed by atoms with Crippen LogP contribution in [0, 0.1) is 0 Å². The first-order valence-electron chi connectivity index (χ1n) is 5.99. The predicted molar refractivity (Wildman–Crippen MR) is 86.0 cm³/mol. The average Bonchev–Trinajstić information content (AvgIpc) is 2.48. The summed E-state index contributed by atoms with van der Waals surface area (Å²) in [4.78, 5) is 12.0. The van der Waals surface area contributed by atoms with Crippen molar-refractivity contribution in [1.82, 2.24) is 0 Å². The third-order valence-electron chi connectivity index (χ3n) is 2.81. The monoisotopic (exact) mass is 342 g/mol. The number of rotatable bonds is 5. The molecule has 0 saturated carbocycles. The van der Waals surface area contributed by atoms with Crippen molar-refractivity contribution in [3.05, 3.63) is 57.6 Å². The number of methoxy groups -OCH3 is 1. The molecule has 0 radical (unpaired) electrons. The quantitative estimate of drug-likeness (QED) is 0.777. The summed E-state index contributed by atoms with van der Waals surface area (Å²) in [6.45, 7) is 0. The molecule has 2 aromatic rings. The second-order valence-electron chi connectivity index (χ2n) is 4.20. The number of benzene rings is 2. The highest BCUT2D eigenvalue weighted by Crippen LogP contribution is 2.32. The van der Waals surface area contributed by atoms with E-state index in [9.17, 15) is 4.79 Å². The first-order valence-corrected chi connectivity index (χ1v) is 7.73. The van der Waals surface area contributed by atoms with Crippen molar-refractivity contribution in [2.24, 2.45) is 0 Å². The Morgan fingerprint density at radius 1 is 1.19 bits per heavy atom. The van der Waals surface area contributed by atoms with Crippen molar-refractivity contribution in [1.29, 1.82) is 0 Å². The van der Waals surface area contributed by atoms with Crippen LogP contribution in [0.4, 0.5) is 0 Å². The first kappa shape index (κ1) is 16.0. The van der Waals surface area contributed by atoms with Crippen molar-refractivity contribution in [2.45, 2.75) is 10.6 Å². The minimum atomic E-state index is -0.960. The molecule has 0 aliphatic heterocycles. The van der Waals surface area contributed by atoms with E-state index >= 15 is 0 Å². The van der Waals surface area contributed by atoms with Crippen LogP contribution in [0.3, 0.4) is 0 Å². The molecule has 0 atom stereocenters. The molecular weight excluding hydrogens is 331 g/mol. The highest BCUT2D eigenvalue weighted by Gasteiger charge is 2.10. The van der Waals surface area contributed by atoms with Crippen LogP contribution in [0.25, 0.3) is 0 Å². The van der Waals surface area contributed by atoms with Gasteiger partial charge < -0.3 is 9.84 Å². The van der Waals surface area contributed by atoms with Crippen LogP contribution >= 0.6 is 35.0 Å². The van der Waals surface area contributed by atoms with Gasteiger partial charge in [-0.25, -0.2) is 4.79 Å². The van der Waals surface area contributed by atoms with Crippen LogP contribution in [0.5, 0.6) is 5.75 Å². The highest BCUT2D eigenvalue weighted by molar-refractivity contribution is 7.98. The fraction of sp³-hybridized carbons (Fsp3) is 0.133. The minimum Gasteiger partial charge on any atom is -0.496 e. The highest BCUT2D eigenvalue weighted by atomic mass is 35.5. The van der Waals surface area contributed by atoms with Crippen molar-refractivity contribution in [3.8, 4) is 5.75 Å². The molecule has 3 nitrogen and oxygen atoms in total. The average molecular weight is 343 g/mol. The second-order valence-corrected chi connectivity index (χ2v) is 6.06.